The molecule has 0 saturated carbocycles. The van der Waals surface area contributed by atoms with Crippen LogP contribution in [0.5, 0.6) is 0 Å². The number of H-pyrrole nitrogens is 1. The van der Waals surface area contributed by atoms with Gasteiger partial charge >= 0.3 is 0 Å². The van der Waals surface area contributed by atoms with Crippen LogP contribution in [0, 0.1) is 0 Å². The monoisotopic (exact) mass is 382 g/mol. The van der Waals surface area contributed by atoms with Gasteiger partial charge in [0.25, 0.3) is 0 Å². The molecule has 4 heterocycles. The average Bonchev–Trinajstić information content (AvgIpc) is 3.39. The number of hydrogen-bond acceptors (Lipinski definition) is 4. The molecular weight excluding hydrogens is 356 g/mol. The van der Waals surface area contributed by atoms with Crippen LogP contribution >= 0.6 is 0 Å². The first kappa shape index (κ1) is 17.7. The Balaban J connectivity index is 1.23. The van der Waals surface area contributed by atoms with Crippen molar-refractivity contribution in [2.75, 3.05) is 19.8 Å². The van der Waals surface area contributed by atoms with Crippen molar-refractivity contribution in [3.05, 3.63) is 30.1 Å². The number of nitrogens with zero attached hydrogens (tertiary/aromatic N) is 3. The second-order valence-corrected chi connectivity index (χ2v) is 8.06. The Labute approximate surface area is 164 Å². The second-order valence-electron chi connectivity index (χ2n) is 8.06. The van der Waals surface area contributed by atoms with Gasteiger partial charge in [-0.1, -0.05) is 12.1 Å². The van der Waals surface area contributed by atoms with Gasteiger partial charge in [-0.05, 0) is 31.4 Å². The molecule has 0 aliphatic carbocycles. The maximum Gasteiger partial charge on any atom is 0.225 e. The number of aryl methyl sites for hydroxylation is 1. The number of likely N-dealkylation sites (tertiary alicyclic amines) is 2. The van der Waals surface area contributed by atoms with Gasteiger partial charge in [0.15, 0.2) is 0 Å². The van der Waals surface area contributed by atoms with Gasteiger partial charge in [0.1, 0.15) is 5.82 Å². The highest BCUT2D eigenvalue weighted by atomic mass is 16.5. The number of imidazole rings is 1. The molecule has 1 N–H and O–H groups in total. The van der Waals surface area contributed by atoms with Crippen LogP contribution in [0.15, 0.2) is 24.3 Å². The molecular formula is C21H26N4O3. The van der Waals surface area contributed by atoms with Crippen molar-refractivity contribution in [3.8, 4) is 0 Å². The van der Waals surface area contributed by atoms with Crippen LogP contribution in [0.4, 0.5) is 0 Å². The maximum atomic E-state index is 12.9. The minimum atomic E-state index is 0.0403. The topological polar surface area (TPSA) is 78.5 Å². The number of aromatic amines is 1. The average molecular weight is 382 g/mol. The smallest absolute Gasteiger partial charge is 0.225 e. The molecule has 2 amide bonds. The van der Waals surface area contributed by atoms with Crippen molar-refractivity contribution >= 4 is 22.8 Å². The molecule has 7 heteroatoms. The van der Waals surface area contributed by atoms with Crippen molar-refractivity contribution in [1.82, 2.24) is 19.8 Å². The Kier molecular flexibility index (Phi) is 4.55. The summed E-state index contributed by atoms with van der Waals surface area (Å²) in [5.74, 6) is 1.18. The summed E-state index contributed by atoms with van der Waals surface area (Å²) >= 11 is 0. The number of amides is 2. The summed E-state index contributed by atoms with van der Waals surface area (Å²) in [6.45, 7) is 2.21. The molecule has 0 radical (unpaired) electrons. The summed E-state index contributed by atoms with van der Waals surface area (Å²) < 4.78 is 5.45. The number of aromatic nitrogens is 2. The van der Waals surface area contributed by atoms with Gasteiger partial charge < -0.3 is 19.5 Å². The van der Waals surface area contributed by atoms with Gasteiger partial charge in [0.2, 0.25) is 11.8 Å². The van der Waals surface area contributed by atoms with Gasteiger partial charge in [-0.2, -0.15) is 0 Å². The minimum absolute atomic E-state index is 0.0403. The largest absolute Gasteiger partial charge is 0.381 e. The Morgan fingerprint density at radius 2 is 2.00 bits per heavy atom. The van der Waals surface area contributed by atoms with Crippen LogP contribution in [0.1, 0.15) is 37.9 Å². The molecule has 3 aliphatic rings. The van der Waals surface area contributed by atoms with E-state index >= 15 is 0 Å². The molecule has 28 heavy (non-hydrogen) atoms. The van der Waals surface area contributed by atoms with E-state index in [1.807, 2.05) is 29.2 Å². The van der Waals surface area contributed by atoms with Gasteiger partial charge in [-0.3, -0.25) is 9.59 Å². The van der Waals surface area contributed by atoms with Crippen molar-refractivity contribution in [2.24, 2.45) is 0 Å². The molecule has 7 nitrogen and oxygen atoms in total. The Bertz CT molecular complexity index is 856. The van der Waals surface area contributed by atoms with Crippen LogP contribution in [-0.4, -0.2) is 69.5 Å². The summed E-state index contributed by atoms with van der Waals surface area (Å²) in [6.07, 6.45) is 4.21. The molecule has 1 aromatic carbocycles. The van der Waals surface area contributed by atoms with E-state index in [4.69, 9.17) is 4.74 Å². The SMILES string of the molecule is O=C(CCc1nc2ccccc2[nH]1)N1CC[C@H]2[C@@H]1CC(=O)N2C1CCOCC1. The molecule has 1 aromatic heterocycles. The third-order valence-electron chi connectivity index (χ3n) is 6.46. The summed E-state index contributed by atoms with van der Waals surface area (Å²) in [7, 11) is 0. The molecule has 2 aromatic rings. The number of para-hydroxylation sites is 2. The van der Waals surface area contributed by atoms with Crippen molar-refractivity contribution < 1.29 is 14.3 Å². The highest BCUT2D eigenvalue weighted by molar-refractivity contribution is 5.84. The zero-order valence-electron chi connectivity index (χ0n) is 16.0. The van der Waals surface area contributed by atoms with E-state index < -0.39 is 0 Å². The summed E-state index contributed by atoms with van der Waals surface area (Å²) in [4.78, 5) is 37.5. The van der Waals surface area contributed by atoms with Gasteiger partial charge in [-0.25, -0.2) is 4.98 Å². The van der Waals surface area contributed by atoms with Crippen LogP contribution in [0.2, 0.25) is 0 Å². The first-order valence-electron chi connectivity index (χ1n) is 10.3. The maximum absolute atomic E-state index is 12.9. The van der Waals surface area contributed by atoms with E-state index in [0.717, 1.165) is 55.9 Å². The number of hydrogen-bond donors (Lipinski definition) is 1. The molecule has 3 aliphatic heterocycles. The number of carbonyl (C=O) groups is 2. The molecule has 0 unspecified atom stereocenters. The third-order valence-corrected chi connectivity index (χ3v) is 6.46. The van der Waals surface area contributed by atoms with Crippen molar-refractivity contribution in [2.45, 2.75) is 56.7 Å². The van der Waals surface area contributed by atoms with E-state index in [-0.39, 0.29) is 29.9 Å². The molecule has 0 spiro atoms. The number of benzene rings is 1. The molecule has 0 bridgehead atoms. The highest BCUT2D eigenvalue weighted by Crippen LogP contribution is 2.36. The lowest BCUT2D eigenvalue weighted by atomic mass is 10.0. The zero-order chi connectivity index (χ0) is 19.1. The van der Waals surface area contributed by atoms with E-state index in [9.17, 15) is 9.59 Å². The quantitative estimate of drug-likeness (QED) is 0.876. The Morgan fingerprint density at radius 3 is 2.82 bits per heavy atom. The summed E-state index contributed by atoms with van der Waals surface area (Å²) in [5.41, 5.74) is 1.93. The summed E-state index contributed by atoms with van der Waals surface area (Å²) in [5, 5.41) is 0. The van der Waals surface area contributed by atoms with E-state index in [2.05, 4.69) is 14.9 Å². The fraction of sp³-hybridized carbons (Fsp3) is 0.571. The molecule has 148 valence electrons. The minimum Gasteiger partial charge on any atom is -0.381 e. The number of ether oxygens (including phenoxy) is 1. The summed E-state index contributed by atoms with van der Waals surface area (Å²) in [6, 6.07) is 8.40. The third kappa shape index (κ3) is 3.07. The highest BCUT2D eigenvalue weighted by Gasteiger charge is 2.50. The van der Waals surface area contributed by atoms with E-state index in [1.165, 1.54) is 0 Å². The van der Waals surface area contributed by atoms with Crippen LogP contribution in [-0.2, 0) is 20.7 Å². The van der Waals surface area contributed by atoms with Crippen molar-refractivity contribution in [1.29, 1.82) is 0 Å². The lowest BCUT2D eigenvalue weighted by molar-refractivity contribution is -0.133. The number of rotatable bonds is 4. The molecule has 3 saturated heterocycles. The second kappa shape index (κ2) is 7.20. The Morgan fingerprint density at radius 1 is 1.18 bits per heavy atom. The Hall–Kier alpha value is -2.41. The number of nitrogens with one attached hydrogen (secondary N) is 1. The van der Waals surface area contributed by atoms with Gasteiger partial charge in [-0.15, -0.1) is 0 Å². The van der Waals surface area contributed by atoms with Crippen LogP contribution < -0.4 is 0 Å². The van der Waals surface area contributed by atoms with E-state index in [0.29, 0.717) is 19.3 Å². The standard InChI is InChI=1S/C21H26N4O3/c26-20(6-5-19-22-15-3-1-2-4-16(15)23-19)24-10-7-17-18(24)13-21(27)25(17)14-8-11-28-12-9-14/h1-4,14,17-18H,5-13H2,(H,22,23)/t17-,18-/m0/s1. The van der Waals surface area contributed by atoms with Gasteiger partial charge in [0.05, 0.1) is 23.1 Å². The van der Waals surface area contributed by atoms with Gasteiger partial charge in [0, 0.05) is 45.1 Å². The van der Waals surface area contributed by atoms with Crippen molar-refractivity contribution in [3.63, 3.8) is 0 Å². The fourth-order valence-corrected chi connectivity index (χ4v) is 5.12. The van der Waals surface area contributed by atoms with E-state index in [1.54, 1.807) is 0 Å². The zero-order valence-corrected chi connectivity index (χ0v) is 16.0. The molecule has 5 rings (SSSR count). The van der Waals surface area contributed by atoms with Crippen LogP contribution in [0.25, 0.3) is 11.0 Å². The first-order chi connectivity index (χ1) is 13.7. The normalized spacial score (nSPS) is 25.6. The molecule has 2 atom stereocenters. The lowest BCUT2D eigenvalue weighted by Gasteiger charge is -2.35. The molecule has 3 fully saturated rings. The number of carbonyl (C=O) groups excluding carboxylic acids is 2. The first-order valence-corrected chi connectivity index (χ1v) is 10.3. The number of fused-ring (bicyclic) bond motifs is 2. The van der Waals surface area contributed by atoms with Crippen LogP contribution in [0.3, 0.4) is 0 Å². The fourth-order valence-electron chi connectivity index (χ4n) is 5.12. The predicted octanol–water partition coefficient (Wildman–Crippen LogP) is 1.88. The lowest BCUT2D eigenvalue weighted by Crippen LogP contribution is -2.46. The predicted molar refractivity (Wildman–Crippen MR) is 104 cm³/mol.